The third-order valence-corrected chi connectivity index (χ3v) is 5.42. The molecule has 0 unspecified atom stereocenters. The van der Waals surface area contributed by atoms with E-state index in [1.165, 1.54) is 0 Å². The topological polar surface area (TPSA) is 43.8 Å². The van der Waals surface area contributed by atoms with E-state index in [1.807, 2.05) is 4.90 Å². The minimum absolute atomic E-state index is 0.00909. The van der Waals surface area contributed by atoms with Crippen LogP contribution in [0.15, 0.2) is 18.2 Å². The van der Waals surface area contributed by atoms with Crippen molar-refractivity contribution in [3.63, 3.8) is 0 Å². The molecule has 1 aliphatic carbocycles. The summed E-state index contributed by atoms with van der Waals surface area (Å²) in [6, 6.07) is 5.26. The fourth-order valence-corrected chi connectivity index (χ4v) is 3.71. The highest BCUT2D eigenvalue weighted by Gasteiger charge is 2.33. The van der Waals surface area contributed by atoms with Crippen LogP contribution in [0, 0.1) is 0 Å². The number of rotatable bonds is 2. The molecule has 120 valence electrons. The summed E-state index contributed by atoms with van der Waals surface area (Å²) >= 11 is 11.9. The standard InChI is InChI=1S/C16H20Cl2N2O2/c17-12-5-4-11(10-13(12)18)16(22)20-8-6-19(7-9-20)14-2-1-3-15(14)21/h4-5,10,14-15,21H,1-3,6-9H2/t14-,15-/m0/s1. The molecule has 4 nitrogen and oxygen atoms in total. The summed E-state index contributed by atoms with van der Waals surface area (Å²) in [6.45, 7) is 2.99. The molecule has 22 heavy (non-hydrogen) atoms. The second-order valence-corrected chi connectivity index (χ2v) is 6.84. The lowest BCUT2D eigenvalue weighted by Crippen LogP contribution is -2.53. The van der Waals surface area contributed by atoms with Crippen LogP contribution in [0.2, 0.25) is 10.0 Å². The van der Waals surface area contributed by atoms with Crippen molar-refractivity contribution in [3.8, 4) is 0 Å². The maximum Gasteiger partial charge on any atom is 0.253 e. The molecule has 0 bridgehead atoms. The third-order valence-electron chi connectivity index (χ3n) is 4.68. The van der Waals surface area contributed by atoms with Crippen LogP contribution in [0.25, 0.3) is 0 Å². The van der Waals surface area contributed by atoms with E-state index < -0.39 is 0 Å². The Kier molecular flexibility index (Phi) is 4.93. The van der Waals surface area contributed by atoms with Gasteiger partial charge in [0.05, 0.1) is 16.1 Å². The van der Waals surface area contributed by atoms with Gasteiger partial charge >= 0.3 is 0 Å². The van der Waals surface area contributed by atoms with Gasteiger partial charge in [-0.15, -0.1) is 0 Å². The fraction of sp³-hybridized carbons (Fsp3) is 0.562. The Morgan fingerprint density at radius 1 is 1.09 bits per heavy atom. The lowest BCUT2D eigenvalue weighted by Gasteiger charge is -2.39. The van der Waals surface area contributed by atoms with E-state index >= 15 is 0 Å². The predicted octanol–water partition coefficient (Wildman–Crippen LogP) is 2.66. The average molecular weight is 343 g/mol. The predicted molar refractivity (Wildman–Crippen MR) is 87.6 cm³/mol. The second-order valence-electron chi connectivity index (χ2n) is 6.02. The highest BCUT2D eigenvalue weighted by atomic mass is 35.5. The molecule has 2 fully saturated rings. The molecule has 1 N–H and O–H groups in total. The van der Waals surface area contributed by atoms with Crippen molar-refractivity contribution in [2.75, 3.05) is 26.2 Å². The Morgan fingerprint density at radius 2 is 1.82 bits per heavy atom. The number of piperazine rings is 1. The molecule has 0 aromatic heterocycles. The number of carbonyl (C=O) groups excluding carboxylic acids is 1. The minimum Gasteiger partial charge on any atom is -0.391 e. The van der Waals surface area contributed by atoms with Gasteiger partial charge in [-0.1, -0.05) is 23.2 Å². The molecule has 0 spiro atoms. The first-order chi connectivity index (χ1) is 10.6. The molecular weight excluding hydrogens is 323 g/mol. The van der Waals surface area contributed by atoms with Crippen molar-refractivity contribution in [2.24, 2.45) is 0 Å². The SMILES string of the molecule is O=C(c1ccc(Cl)c(Cl)c1)N1CCN([C@H]2CCC[C@@H]2O)CC1. The van der Waals surface area contributed by atoms with Crippen LogP contribution in [0.3, 0.4) is 0 Å². The summed E-state index contributed by atoms with van der Waals surface area (Å²) in [4.78, 5) is 16.7. The van der Waals surface area contributed by atoms with E-state index in [-0.39, 0.29) is 18.1 Å². The summed E-state index contributed by atoms with van der Waals surface area (Å²) in [5.41, 5.74) is 0.573. The summed E-state index contributed by atoms with van der Waals surface area (Å²) < 4.78 is 0. The number of aliphatic hydroxyl groups excluding tert-OH is 1. The van der Waals surface area contributed by atoms with Crippen LogP contribution in [-0.2, 0) is 0 Å². The third kappa shape index (κ3) is 3.25. The first-order valence-corrected chi connectivity index (χ1v) is 8.48. The van der Waals surface area contributed by atoms with Crippen LogP contribution in [0.5, 0.6) is 0 Å². The molecular formula is C16H20Cl2N2O2. The van der Waals surface area contributed by atoms with Gasteiger partial charge in [0.25, 0.3) is 5.91 Å². The molecule has 3 rings (SSSR count). The lowest BCUT2D eigenvalue weighted by atomic mass is 10.1. The number of nitrogens with zero attached hydrogens (tertiary/aromatic N) is 2. The second kappa shape index (κ2) is 6.75. The molecule has 1 amide bonds. The molecule has 1 aromatic rings. The quantitative estimate of drug-likeness (QED) is 0.898. The van der Waals surface area contributed by atoms with E-state index in [1.54, 1.807) is 18.2 Å². The molecule has 6 heteroatoms. The van der Waals surface area contributed by atoms with Gasteiger partial charge in [-0.3, -0.25) is 9.69 Å². The lowest BCUT2D eigenvalue weighted by molar-refractivity contribution is 0.0315. The Bertz CT molecular complexity index is 559. The Morgan fingerprint density at radius 3 is 2.41 bits per heavy atom. The highest BCUT2D eigenvalue weighted by Crippen LogP contribution is 2.26. The van der Waals surface area contributed by atoms with E-state index in [0.29, 0.717) is 28.7 Å². The number of carbonyl (C=O) groups is 1. The fourth-order valence-electron chi connectivity index (χ4n) is 3.42. The molecule has 2 aliphatic rings. The zero-order chi connectivity index (χ0) is 15.7. The van der Waals surface area contributed by atoms with Crippen molar-refractivity contribution < 1.29 is 9.90 Å². The van der Waals surface area contributed by atoms with Crippen molar-refractivity contribution in [2.45, 2.75) is 31.4 Å². The van der Waals surface area contributed by atoms with Gasteiger partial charge in [-0.25, -0.2) is 0 Å². The molecule has 2 atom stereocenters. The zero-order valence-corrected chi connectivity index (χ0v) is 13.9. The Hall–Kier alpha value is -0.810. The van der Waals surface area contributed by atoms with E-state index in [4.69, 9.17) is 23.2 Å². The monoisotopic (exact) mass is 342 g/mol. The smallest absolute Gasteiger partial charge is 0.253 e. The summed E-state index contributed by atoms with van der Waals surface area (Å²) in [5.74, 6) is -0.00909. The van der Waals surface area contributed by atoms with Gasteiger partial charge < -0.3 is 10.0 Å². The van der Waals surface area contributed by atoms with Crippen molar-refractivity contribution in [3.05, 3.63) is 33.8 Å². The number of benzene rings is 1. The average Bonchev–Trinajstić information content (AvgIpc) is 2.95. The number of hydrogen-bond acceptors (Lipinski definition) is 3. The van der Waals surface area contributed by atoms with Gasteiger partial charge in [-0.2, -0.15) is 0 Å². The summed E-state index contributed by atoms with van der Waals surface area (Å²) in [5, 5.41) is 10.9. The van der Waals surface area contributed by atoms with Crippen LogP contribution < -0.4 is 0 Å². The largest absolute Gasteiger partial charge is 0.391 e. The number of hydrogen-bond donors (Lipinski definition) is 1. The molecule has 1 aromatic carbocycles. The van der Waals surface area contributed by atoms with Crippen molar-refractivity contribution in [1.29, 1.82) is 0 Å². The van der Waals surface area contributed by atoms with Crippen molar-refractivity contribution >= 4 is 29.1 Å². The highest BCUT2D eigenvalue weighted by molar-refractivity contribution is 6.42. The molecule has 0 radical (unpaired) electrons. The van der Waals surface area contributed by atoms with E-state index in [9.17, 15) is 9.90 Å². The molecule has 1 aliphatic heterocycles. The molecule has 1 heterocycles. The van der Waals surface area contributed by atoms with Gasteiger partial charge in [0.15, 0.2) is 0 Å². The summed E-state index contributed by atoms with van der Waals surface area (Å²) in [6.07, 6.45) is 2.83. The minimum atomic E-state index is -0.211. The maximum absolute atomic E-state index is 12.5. The van der Waals surface area contributed by atoms with Crippen LogP contribution in [-0.4, -0.2) is 59.1 Å². The van der Waals surface area contributed by atoms with Gasteiger partial charge in [-0.05, 0) is 37.5 Å². The van der Waals surface area contributed by atoms with Crippen LogP contribution in [0.1, 0.15) is 29.6 Å². The Labute approximate surface area is 140 Å². The first kappa shape index (κ1) is 16.1. The summed E-state index contributed by atoms with van der Waals surface area (Å²) in [7, 11) is 0. The van der Waals surface area contributed by atoms with Gasteiger partial charge in [0.2, 0.25) is 0 Å². The normalized spacial score (nSPS) is 26.4. The number of halogens is 2. The number of amides is 1. The maximum atomic E-state index is 12.5. The number of aliphatic hydroxyl groups is 1. The zero-order valence-electron chi connectivity index (χ0n) is 12.3. The van der Waals surface area contributed by atoms with Crippen LogP contribution in [0.4, 0.5) is 0 Å². The first-order valence-electron chi connectivity index (χ1n) is 7.72. The van der Waals surface area contributed by atoms with Crippen molar-refractivity contribution in [1.82, 2.24) is 9.80 Å². The van der Waals surface area contributed by atoms with Crippen LogP contribution >= 0.6 is 23.2 Å². The molecule has 1 saturated carbocycles. The van der Waals surface area contributed by atoms with E-state index in [0.717, 1.165) is 32.4 Å². The Balaban J connectivity index is 1.61. The molecule has 1 saturated heterocycles. The van der Waals surface area contributed by atoms with Gasteiger partial charge in [0.1, 0.15) is 0 Å². The van der Waals surface area contributed by atoms with E-state index in [2.05, 4.69) is 4.90 Å². The van der Waals surface area contributed by atoms with Gasteiger partial charge in [0, 0.05) is 37.8 Å².